The Kier molecular flexibility index (Phi) is 10.1. The fourth-order valence-electron chi connectivity index (χ4n) is 1.66. The summed E-state index contributed by atoms with van der Waals surface area (Å²) in [6.07, 6.45) is 3.13. The average molecular weight is 286 g/mol. The third-order valence-corrected chi connectivity index (χ3v) is 3.33. The molecule has 0 radical (unpaired) electrons. The fraction of sp³-hybridized carbons (Fsp3) is 0.875. The Balaban J connectivity index is 3.68. The number of carbonyl (C=O) groups is 2. The zero-order valence-corrected chi connectivity index (χ0v) is 13.6. The summed E-state index contributed by atoms with van der Waals surface area (Å²) in [5, 5.41) is 0. The van der Waals surface area contributed by atoms with E-state index in [9.17, 15) is 9.59 Å². The molecule has 0 heterocycles. The van der Waals surface area contributed by atoms with Crippen LogP contribution in [0.1, 0.15) is 66.7 Å². The Morgan fingerprint density at radius 1 is 1.00 bits per heavy atom. The van der Waals surface area contributed by atoms with E-state index >= 15 is 0 Å². The summed E-state index contributed by atoms with van der Waals surface area (Å²) < 4.78 is 10.4. The second-order valence-electron chi connectivity index (χ2n) is 5.87. The highest BCUT2D eigenvalue weighted by Gasteiger charge is 2.13. The van der Waals surface area contributed by atoms with Crippen LogP contribution in [0.4, 0.5) is 0 Å². The molecule has 0 saturated heterocycles. The standard InChI is InChI=1S/C16H30O4/c1-6-8-13(4)11-19-15(17)9-7-10-16(18)20-14(5)12(2)3/h12-14H,6-11H2,1-5H3. The van der Waals surface area contributed by atoms with E-state index in [1.807, 2.05) is 20.8 Å². The van der Waals surface area contributed by atoms with Gasteiger partial charge in [0.1, 0.15) is 6.10 Å². The van der Waals surface area contributed by atoms with Gasteiger partial charge in [-0.3, -0.25) is 9.59 Å². The summed E-state index contributed by atoms with van der Waals surface area (Å²) in [7, 11) is 0. The third-order valence-electron chi connectivity index (χ3n) is 3.33. The maximum atomic E-state index is 11.5. The van der Waals surface area contributed by atoms with E-state index in [0.29, 0.717) is 24.9 Å². The van der Waals surface area contributed by atoms with E-state index in [4.69, 9.17) is 9.47 Å². The van der Waals surface area contributed by atoms with Crippen molar-refractivity contribution >= 4 is 11.9 Å². The van der Waals surface area contributed by atoms with Crippen LogP contribution in [0.3, 0.4) is 0 Å². The Morgan fingerprint density at radius 2 is 1.60 bits per heavy atom. The molecule has 0 saturated carbocycles. The van der Waals surface area contributed by atoms with Crippen LogP contribution < -0.4 is 0 Å². The van der Waals surface area contributed by atoms with E-state index in [2.05, 4.69) is 13.8 Å². The first-order valence-corrected chi connectivity index (χ1v) is 7.71. The molecule has 0 amide bonds. The van der Waals surface area contributed by atoms with Gasteiger partial charge >= 0.3 is 11.9 Å². The number of rotatable bonds is 10. The minimum absolute atomic E-state index is 0.0793. The van der Waals surface area contributed by atoms with Gasteiger partial charge in [0.2, 0.25) is 0 Å². The van der Waals surface area contributed by atoms with Crippen molar-refractivity contribution in [3.63, 3.8) is 0 Å². The number of carbonyl (C=O) groups excluding carboxylic acids is 2. The second-order valence-corrected chi connectivity index (χ2v) is 5.87. The van der Waals surface area contributed by atoms with Gasteiger partial charge < -0.3 is 9.47 Å². The van der Waals surface area contributed by atoms with E-state index < -0.39 is 0 Å². The largest absolute Gasteiger partial charge is 0.465 e. The average Bonchev–Trinajstić information content (AvgIpc) is 2.36. The Labute approximate surface area is 123 Å². The molecule has 0 aliphatic heterocycles. The van der Waals surface area contributed by atoms with Gasteiger partial charge in [0.25, 0.3) is 0 Å². The SMILES string of the molecule is CCCC(C)COC(=O)CCCC(=O)OC(C)C(C)C. The van der Waals surface area contributed by atoms with Crippen LogP contribution in [0, 0.1) is 11.8 Å². The van der Waals surface area contributed by atoms with Crippen molar-refractivity contribution in [2.45, 2.75) is 72.8 Å². The highest BCUT2D eigenvalue weighted by Crippen LogP contribution is 2.09. The number of hydrogen-bond donors (Lipinski definition) is 0. The Hall–Kier alpha value is -1.06. The van der Waals surface area contributed by atoms with Crippen molar-refractivity contribution in [1.82, 2.24) is 0 Å². The molecule has 0 fully saturated rings. The van der Waals surface area contributed by atoms with E-state index in [1.54, 1.807) is 0 Å². The Morgan fingerprint density at radius 3 is 2.15 bits per heavy atom. The molecule has 0 rings (SSSR count). The van der Waals surface area contributed by atoms with Crippen molar-refractivity contribution in [3.8, 4) is 0 Å². The summed E-state index contributed by atoms with van der Waals surface area (Å²) in [4.78, 5) is 23.0. The molecule has 20 heavy (non-hydrogen) atoms. The van der Waals surface area contributed by atoms with Crippen molar-refractivity contribution in [2.75, 3.05) is 6.61 Å². The minimum atomic E-state index is -0.238. The molecular weight excluding hydrogens is 256 g/mol. The van der Waals surface area contributed by atoms with Crippen molar-refractivity contribution in [2.24, 2.45) is 11.8 Å². The van der Waals surface area contributed by atoms with Gasteiger partial charge in [-0.05, 0) is 31.6 Å². The molecule has 0 aromatic carbocycles. The van der Waals surface area contributed by atoms with Crippen molar-refractivity contribution in [1.29, 1.82) is 0 Å². The normalized spacial score (nSPS) is 13.9. The maximum absolute atomic E-state index is 11.5. The van der Waals surface area contributed by atoms with Crippen molar-refractivity contribution in [3.05, 3.63) is 0 Å². The maximum Gasteiger partial charge on any atom is 0.306 e. The third kappa shape index (κ3) is 9.82. The second kappa shape index (κ2) is 10.7. The summed E-state index contributed by atoms with van der Waals surface area (Å²) >= 11 is 0. The molecule has 0 aliphatic rings. The first-order chi connectivity index (χ1) is 9.36. The lowest BCUT2D eigenvalue weighted by Gasteiger charge is -2.16. The summed E-state index contributed by atoms with van der Waals surface area (Å²) in [5.41, 5.74) is 0. The fourth-order valence-corrected chi connectivity index (χ4v) is 1.66. The minimum Gasteiger partial charge on any atom is -0.465 e. The summed E-state index contributed by atoms with van der Waals surface area (Å²) in [5.74, 6) is 0.251. The van der Waals surface area contributed by atoms with Gasteiger partial charge in [0.05, 0.1) is 6.61 Å². The summed E-state index contributed by atoms with van der Waals surface area (Å²) in [6, 6.07) is 0. The van der Waals surface area contributed by atoms with Gasteiger partial charge in [0.15, 0.2) is 0 Å². The van der Waals surface area contributed by atoms with Gasteiger partial charge in [-0.1, -0.05) is 34.1 Å². The zero-order valence-electron chi connectivity index (χ0n) is 13.6. The van der Waals surface area contributed by atoms with Crippen LogP contribution in [-0.4, -0.2) is 24.6 Å². The quantitative estimate of drug-likeness (QED) is 0.574. The van der Waals surface area contributed by atoms with Crippen LogP contribution in [0.25, 0.3) is 0 Å². The predicted molar refractivity (Wildman–Crippen MR) is 79.3 cm³/mol. The van der Waals surface area contributed by atoms with Crippen LogP contribution in [-0.2, 0) is 19.1 Å². The molecule has 118 valence electrons. The van der Waals surface area contributed by atoms with Gasteiger partial charge in [-0.2, -0.15) is 0 Å². The first-order valence-electron chi connectivity index (χ1n) is 7.71. The molecule has 0 bridgehead atoms. The summed E-state index contributed by atoms with van der Waals surface area (Å²) in [6.45, 7) is 10.6. The van der Waals surface area contributed by atoms with E-state index in [0.717, 1.165) is 12.8 Å². The topological polar surface area (TPSA) is 52.6 Å². The molecule has 4 heteroatoms. The lowest BCUT2D eigenvalue weighted by Crippen LogP contribution is -2.20. The zero-order chi connectivity index (χ0) is 15.5. The predicted octanol–water partition coefficient (Wildman–Crippen LogP) is 3.72. The van der Waals surface area contributed by atoms with Crippen LogP contribution >= 0.6 is 0 Å². The highest BCUT2D eigenvalue weighted by molar-refractivity contribution is 5.72. The number of esters is 2. The van der Waals surface area contributed by atoms with Gasteiger partial charge in [-0.15, -0.1) is 0 Å². The smallest absolute Gasteiger partial charge is 0.306 e. The monoisotopic (exact) mass is 286 g/mol. The lowest BCUT2D eigenvalue weighted by molar-refractivity contribution is -0.150. The van der Waals surface area contributed by atoms with Gasteiger partial charge in [0, 0.05) is 12.8 Å². The lowest BCUT2D eigenvalue weighted by atomic mass is 10.1. The molecule has 4 nitrogen and oxygen atoms in total. The molecule has 0 spiro atoms. The van der Waals surface area contributed by atoms with E-state index in [1.165, 1.54) is 0 Å². The first kappa shape index (κ1) is 18.9. The molecule has 0 aromatic heterocycles. The molecule has 0 N–H and O–H groups in total. The Bertz CT molecular complexity index is 286. The highest BCUT2D eigenvalue weighted by atomic mass is 16.5. The molecule has 0 aliphatic carbocycles. The number of hydrogen-bond acceptors (Lipinski definition) is 4. The molecular formula is C16H30O4. The van der Waals surface area contributed by atoms with Crippen LogP contribution in [0.2, 0.25) is 0 Å². The molecule has 2 unspecified atom stereocenters. The number of ether oxygens (including phenoxy) is 2. The van der Waals surface area contributed by atoms with Crippen LogP contribution in [0.15, 0.2) is 0 Å². The van der Waals surface area contributed by atoms with Crippen LogP contribution in [0.5, 0.6) is 0 Å². The van der Waals surface area contributed by atoms with Crippen molar-refractivity contribution < 1.29 is 19.1 Å². The van der Waals surface area contributed by atoms with Gasteiger partial charge in [-0.25, -0.2) is 0 Å². The van der Waals surface area contributed by atoms with E-state index in [-0.39, 0.29) is 30.9 Å². The molecule has 0 aromatic rings. The molecule has 2 atom stereocenters.